The molecule has 0 aliphatic heterocycles. The van der Waals surface area contributed by atoms with Crippen LogP contribution in [-0.2, 0) is 41.4 Å². The minimum atomic E-state index is -0.930. The van der Waals surface area contributed by atoms with Crippen molar-refractivity contribution in [1.29, 1.82) is 0 Å². The summed E-state index contributed by atoms with van der Waals surface area (Å²) < 4.78 is 20.6. The molecule has 0 saturated heterocycles. The van der Waals surface area contributed by atoms with Crippen molar-refractivity contribution in [3.8, 4) is 0 Å². The average Bonchev–Trinajstić information content (AvgIpc) is 3.22. The SMILES string of the molecule is CC(C)(C)OC(=O)N(CCCCCCCC(=O)O)CCCCc1cccc(C(=O)O)c1.COC(=O)CCCCCCCN(CCCCc1cccc(C(=O)OC)c1)C(=O)OC(C)(C)C. The highest BCUT2D eigenvalue weighted by Crippen LogP contribution is 2.17. The maximum atomic E-state index is 12.7. The number of esters is 2. The number of rotatable bonds is 28. The van der Waals surface area contributed by atoms with Gasteiger partial charge in [0.1, 0.15) is 11.2 Å². The number of carboxylic acid groups (broad SMARTS) is 2. The van der Waals surface area contributed by atoms with Gasteiger partial charge >= 0.3 is 36.1 Å². The van der Waals surface area contributed by atoms with Gasteiger partial charge in [-0.25, -0.2) is 19.2 Å². The van der Waals surface area contributed by atoms with Gasteiger partial charge in [0.15, 0.2) is 0 Å². The van der Waals surface area contributed by atoms with Crippen molar-refractivity contribution in [2.45, 2.75) is 168 Å². The molecule has 0 aromatic heterocycles. The van der Waals surface area contributed by atoms with Gasteiger partial charge in [-0.2, -0.15) is 0 Å². The van der Waals surface area contributed by atoms with E-state index in [-0.39, 0.29) is 36.1 Å². The van der Waals surface area contributed by atoms with Crippen LogP contribution in [0.15, 0.2) is 48.5 Å². The number of carbonyl (C=O) groups excluding carboxylic acids is 4. The van der Waals surface area contributed by atoms with Gasteiger partial charge in [-0.05, 0) is 141 Å². The molecule has 0 saturated carbocycles. The molecule has 0 heterocycles. The molecule has 0 atom stereocenters. The highest BCUT2D eigenvalue weighted by molar-refractivity contribution is 5.89. The molecule has 0 spiro atoms. The third-order valence-corrected chi connectivity index (χ3v) is 9.97. The predicted octanol–water partition coefficient (Wildman–Crippen LogP) is 10.9. The van der Waals surface area contributed by atoms with Crippen molar-refractivity contribution in [2.24, 2.45) is 0 Å². The zero-order chi connectivity index (χ0) is 48.0. The number of methoxy groups -OCH3 is 2. The number of amides is 2. The molecular weight excluding hydrogens is 821 g/mol. The van der Waals surface area contributed by atoms with Crippen LogP contribution in [0.4, 0.5) is 9.59 Å². The van der Waals surface area contributed by atoms with Crippen molar-refractivity contribution in [1.82, 2.24) is 9.80 Å². The lowest BCUT2D eigenvalue weighted by atomic mass is 10.0. The number of aryl methyl sites for hydroxylation is 2. The number of nitrogens with zero attached hydrogens (tertiary/aromatic N) is 2. The van der Waals surface area contributed by atoms with E-state index in [4.69, 9.17) is 24.4 Å². The van der Waals surface area contributed by atoms with E-state index in [1.54, 1.807) is 34.1 Å². The van der Waals surface area contributed by atoms with Crippen LogP contribution in [-0.4, -0.2) is 108 Å². The van der Waals surface area contributed by atoms with Crippen molar-refractivity contribution in [3.63, 3.8) is 0 Å². The van der Waals surface area contributed by atoms with Gasteiger partial charge in [0.2, 0.25) is 0 Å². The topological polar surface area (TPSA) is 186 Å². The fraction of sp³-hybridized carbons (Fsp3) is 0.640. The smallest absolute Gasteiger partial charge is 0.410 e. The largest absolute Gasteiger partial charge is 0.481 e. The second-order valence-corrected chi connectivity index (χ2v) is 18.1. The van der Waals surface area contributed by atoms with Crippen LogP contribution in [0, 0.1) is 0 Å². The van der Waals surface area contributed by atoms with Crippen LogP contribution in [0.2, 0.25) is 0 Å². The second-order valence-electron chi connectivity index (χ2n) is 18.1. The molecule has 64 heavy (non-hydrogen) atoms. The molecule has 2 aromatic carbocycles. The lowest BCUT2D eigenvalue weighted by molar-refractivity contribution is -0.141. The zero-order valence-corrected chi connectivity index (χ0v) is 40.0. The molecule has 14 heteroatoms. The lowest BCUT2D eigenvalue weighted by Crippen LogP contribution is -2.38. The number of hydrogen-bond acceptors (Lipinski definition) is 10. The Kier molecular flexibility index (Phi) is 28.1. The van der Waals surface area contributed by atoms with E-state index in [2.05, 4.69) is 4.74 Å². The highest BCUT2D eigenvalue weighted by Gasteiger charge is 2.23. The summed E-state index contributed by atoms with van der Waals surface area (Å²) in [5, 5.41) is 17.8. The minimum Gasteiger partial charge on any atom is -0.481 e. The Bertz CT molecular complexity index is 1700. The van der Waals surface area contributed by atoms with Gasteiger partial charge in [0.05, 0.1) is 25.3 Å². The molecule has 360 valence electrons. The summed E-state index contributed by atoms with van der Waals surface area (Å²) in [5.41, 5.74) is 1.81. The summed E-state index contributed by atoms with van der Waals surface area (Å²) in [5.74, 6) is -2.19. The number of carboxylic acids is 2. The molecule has 0 unspecified atom stereocenters. The van der Waals surface area contributed by atoms with E-state index in [0.717, 1.165) is 107 Å². The molecule has 0 fully saturated rings. The minimum absolute atomic E-state index is 0.164. The molecule has 0 bridgehead atoms. The fourth-order valence-corrected chi connectivity index (χ4v) is 6.65. The van der Waals surface area contributed by atoms with Crippen LogP contribution < -0.4 is 0 Å². The lowest BCUT2D eigenvalue weighted by Gasteiger charge is -2.27. The van der Waals surface area contributed by atoms with Gasteiger partial charge < -0.3 is 39.0 Å². The molecule has 14 nitrogen and oxygen atoms in total. The molecular formula is C50H78N2O12. The number of aromatic carboxylic acids is 1. The van der Waals surface area contributed by atoms with Crippen LogP contribution in [0.1, 0.15) is 176 Å². The number of aliphatic carboxylic acids is 1. The molecule has 0 radical (unpaired) electrons. The third-order valence-electron chi connectivity index (χ3n) is 9.97. The number of unbranched alkanes of at least 4 members (excludes halogenated alkanes) is 10. The summed E-state index contributed by atoms with van der Waals surface area (Å²) in [6, 6.07) is 14.4. The molecule has 0 aliphatic rings. The van der Waals surface area contributed by atoms with Gasteiger partial charge in [-0.15, -0.1) is 0 Å². The number of ether oxygens (including phenoxy) is 4. The molecule has 2 amide bonds. The van der Waals surface area contributed by atoms with Gasteiger partial charge in [0.25, 0.3) is 0 Å². The average molecular weight is 899 g/mol. The summed E-state index contributed by atoms with van der Waals surface area (Å²) in [4.78, 5) is 73.2. The Morgan fingerprint density at radius 3 is 1.30 bits per heavy atom. The second kappa shape index (κ2) is 31.7. The summed E-state index contributed by atoms with van der Waals surface area (Å²) in [6.07, 6.45) is 14.1. The van der Waals surface area contributed by atoms with Crippen molar-refractivity contribution in [2.75, 3.05) is 40.4 Å². The number of carbonyl (C=O) groups is 6. The third kappa shape index (κ3) is 28.5. The number of benzene rings is 2. The van der Waals surface area contributed by atoms with Gasteiger partial charge in [-0.3, -0.25) is 9.59 Å². The Balaban J connectivity index is 0.000000641. The van der Waals surface area contributed by atoms with E-state index in [1.807, 2.05) is 65.8 Å². The Hall–Kier alpha value is -5.14. The van der Waals surface area contributed by atoms with Crippen molar-refractivity contribution in [3.05, 3.63) is 70.8 Å². The first-order chi connectivity index (χ1) is 30.2. The maximum Gasteiger partial charge on any atom is 0.410 e. The highest BCUT2D eigenvalue weighted by atomic mass is 16.6. The molecule has 2 N–H and O–H groups in total. The first kappa shape index (κ1) is 56.9. The quantitative estimate of drug-likeness (QED) is 0.0468. The summed E-state index contributed by atoms with van der Waals surface area (Å²) in [7, 11) is 2.79. The fourth-order valence-electron chi connectivity index (χ4n) is 6.65. The van der Waals surface area contributed by atoms with Crippen molar-refractivity contribution >= 4 is 36.1 Å². The molecule has 2 rings (SSSR count). The standard InChI is InChI=1S/C26H41NO6.C24H37NO6/c1-26(2,3)33-25(30)27(18-11-8-6-7-9-17-23(28)31-4)19-12-10-14-21-15-13-16-22(20-21)24(29)32-5;1-24(2,3)31-23(30)25(16-9-6-4-5-7-15-21(26)27)17-10-8-12-19-13-11-14-20(18-19)22(28)29/h13,15-16,20H,6-12,14,17-19H2,1-5H3;11,13-14,18H,4-10,12,15-17H2,1-3H3,(H,26,27)(H,28,29). The molecule has 0 aliphatic carbocycles. The van der Waals surface area contributed by atoms with E-state index >= 15 is 0 Å². The normalized spacial score (nSPS) is 11.1. The van der Waals surface area contributed by atoms with E-state index in [0.29, 0.717) is 44.6 Å². The zero-order valence-electron chi connectivity index (χ0n) is 40.0. The molecule has 2 aromatic rings. The van der Waals surface area contributed by atoms with E-state index in [9.17, 15) is 28.8 Å². The predicted molar refractivity (Wildman–Crippen MR) is 248 cm³/mol. The van der Waals surface area contributed by atoms with Gasteiger partial charge in [-0.1, -0.05) is 62.8 Å². The first-order valence-electron chi connectivity index (χ1n) is 23.0. The summed E-state index contributed by atoms with van der Waals surface area (Å²) >= 11 is 0. The van der Waals surface area contributed by atoms with Crippen molar-refractivity contribution < 1.29 is 57.9 Å². The Morgan fingerprint density at radius 1 is 0.500 bits per heavy atom. The number of hydrogen-bond donors (Lipinski definition) is 2. The van der Waals surface area contributed by atoms with Crippen LogP contribution in [0.25, 0.3) is 0 Å². The summed E-state index contributed by atoms with van der Waals surface area (Å²) in [6.45, 7) is 13.7. The van der Waals surface area contributed by atoms with E-state index in [1.165, 1.54) is 14.2 Å². The monoisotopic (exact) mass is 899 g/mol. The van der Waals surface area contributed by atoms with Crippen LogP contribution >= 0.6 is 0 Å². The first-order valence-corrected chi connectivity index (χ1v) is 23.0. The van der Waals surface area contributed by atoms with E-state index < -0.39 is 23.1 Å². The Morgan fingerprint density at radius 2 is 0.891 bits per heavy atom. The van der Waals surface area contributed by atoms with Crippen LogP contribution in [0.3, 0.4) is 0 Å². The maximum absolute atomic E-state index is 12.7. The Labute approximate surface area is 382 Å². The van der Waals surface area contributed by atoms with Crippen LogP contribution in [0.5, 0.6) is 0 Å². The van der Waals surface area contributed by atoms with Gasteiger partial charge in [0, 0.05) is 39.0 Å².